The largest absolute Gasteiger partial charge is 0.420 e. The van der Waals surface area contributed by atoms with Gasteiger partial charge in [-0.3, -0.25) is 4.79 Å². The van der Waals surface area contributed by atoms with Gasteiger partial charge in [0, 0.05) is 21.8 Å². The van der Waals surface area contributed by atoms with E-state index < -0.39 is 0 Å². The summed E-state index contributed by atoms with van der Waals surface area (Å²) in [6.45, 7) is 2.05. The molecule has 0 aliphatic heterocycles. The summed E-state index contributed by atoms with van der Waals surface area (Å²) >= 11 is 4.78. The molecule has 0 unspecified atom stereocenters. The second kappa shape index (κ2) is 7.76. The predicted molar refractivity (Wildman–Crippen MR) is 95.8 cm³/mol. The monoisotopic (exact) mass is 406 g/mol. The molecule has 1 N–H and O–H groups in total. The Morgan fingerprint density at radius 3 is 2.96 bits per heavy atom. The summed E-state index contributed by atoms with van der Waals surface area (Å²) in [5.41, 5.74) is 1.50. The van der Waals surface area contributed by atoms with Gasteiger partial charge >= 0.3 is 0 Å². The standard InChI is InChI=1S/C16H15BrN4O2S/c1-2-4-12-8-13(22)19-16(18-12)24-9-14-20-21-15(23-14)10-5-3-6-11(17)7-10/h3,5-8H,2,4,9H2,1H3,(H,18,19,22). The van der Waals surface area contributed by atoms with Crippen LogP contribution in [0, 0.1) is 0 Å². The van der Waals surface area contributed by atoms with E-state index in [2.05, 4.69) is 43.0 Å². The van der Waals surface area contributed by atoms with Crippen molar-refractivity contribution in [1.29, 1.82) is 0 Å². The molecule has 3 rings (SSSR count). The van der Waals surface area contributed by atoms with Crippen molar-refractivity contribution < 1.29 is 4.42 Å². The van der Waals surface area contributed by atoms with E-state index >= 15 is 0 Å². The van der Waals surface area contributed by atoms with Crippen LogP contribution in [0.5, 0.6) is 0 Å². The van der Waals surface area contributed by atoms with Crippen LogP contribution in [-0.2, 0) is 12.2 Å². The fraction of sp³-hybridized carbons (Fsp3) is 0.250. The predicted octanol–water partition coefficient (Wildman–Crippen LogP) is 3.83. The van der Waals surface area contributed by atoms with E-state index in [9.17, 15) is 4.79 Å². The average Bonchev–Trinajstić information content (AvgIpc) is 3.02. The maximum Gasteiger partial charge on any atom is 0.251 e. The van der Waals surface area contributed by atoms with Crippen LogP contribution in [0.2, 0.25) is 0 Å². The number of nitrogens with one attached hydrogen (secondary N) is 1. The second-order valence-corrected chi connectivity index (χ2v) is 6.97. The summed E-state index contributed by atoms with van der Waals surface area (Å²) in [5, 5.41) is 8.67. The Balaban J connectivity index is 1.71. The third-order valence-electron chi connectivity index (χ3n) is 3.15. The van der Waals surface area contributed by atoms with Crippen molar-refractivity contribution in [3.8, 4) is 11.5 Å². The normalized spacial score (nSPS) is 10.9. The van der Waals surface area contributed by atoms with Gasteiger partial charge in [0.05, 0.1) is 5.75 Å². The Hall–Kier alpha value is -1.93. The SMILES string of the molecule is CCCc1cc(=O)[nH]c(SCc2nnc(-c3cccc(Br)c3)o2)n1. The van der Waals surface area contributed by atoms with Crippen LogP contribution < -0.4 is 5.56 Å². The third kappa shape index (κ3) is 4.33. The number of aryl methyl sites for hydroxylation is 1. The zero-order valence-electron chi connectivity index (χ0n) is 13.0. The molecule has 0 saturated carbocycles. The van der Waals surface area contributed by atoms with Crippen LogP contribution in [0.25, 0.3) is 11.5 Å². The van der Waals surface area contributed by atoms with E-state index in [0.29, 0.717) is 22.7 Å². The number of rotatable bonds is 6. The summed E-state index contributed by atoms with van der Waals surface area (Å²) in [7, 11) is 0. The minimum absolute atomic E-state index is 0.142. The van der Waals surface area contributed by atoms with Crippen LogP contribution in [0.4, 0.5) is 0 Å². The maximum atomic E-state index is 11.7. The lowest BCUT2D eigenvalue weighted by atomic mass is 10.2. The van der Waals surface area contributed by atoms with E-state index in [1.54, 1.807) is 0 Å². The zero-order chi connectivity index (χ0) is 16.9. The first-order valence-corrected chi connectivity index (χ1v) is 9.23. The molecular formula is C16H15BrN4O2S. The number of aromatic nitrogens is 4. The number of nitrogens with zero attached hydrogens (tertiary/aromatic N) is 3. The fourth-order valence-corrected chi connectivity index (χ4v) is 3.25. The van der Waals surface area contributed by atoms with E-state index in [0.717, 1.165) is 28.6 Å². The number of benzene rings is 1. The van der Waals surface area contributed by atoms with Crippen LogP contribution in [0.15, 0.2) is 49.2 Å². The highest BCUT2D eigenvalue weighted by molar-refractivity contribution is 9.10. The molecule has 0 radical (unpaired) electrons. The summed E-state index contributed by atoms with van der Waals surface area (Å²) in [6, 6.07) is 9.19. The van der Waals surface area contributed by atoms with Gasteiger partial charge in [-0.05, 0) is 24.6 Å². The Kier molecular flexibility index (Phi) is 5.47. The Morgan fingerprint density at radius 2 is 2.17 bits per heavy atom. The smallest absolute Gasteiger partial charge is 0.251 e. The molecule has 0 aliphatic rings. The first-order valence-electron chi connectivity index (χ1n) is 7.45. The highest BCUT2D eigenvalue weighted by Crippen LogP contribution is 2.24. The molecule has 6 nitrogen and oxygen atoms in total. The van der Waals surface area contributed by atoms with Gasteiger partial charge in [-0.2, -0.15) is 0 Å². The van der Waals surface area contributed by atoms with Crippen molar-refractivity contribution >= 4 is 27.7 Å². The van der Waals surface area contributed by atoms with E-state index in [1.165, 1.54) is 17.8 Å². The summed E-state index contributed by atoms with van der Waals surface area (Å²) < 4.78 is 6.62. The van der Waals surface area contributed by atoms with Gasteiger partial charge < -0.3 is 9.40 Å². The van der Waals surface area contributed by atoms with Crippen molar-refractivity contribution in [2.45, 2.75) is 30.7 Å². The Morgan fingerprint density at radius 1 is 1.29 bits per heavy atom. The van der Waals surface area contributed by atoms with Gasteiger partial charge in [0.25, 0.3) is 5.56 Å². The number of aromatic amines is 1. The molecule has 0 amide bonds. The van der Waals surface area contributed by atoms with Crippen molar-refractivity contribution in [3.63, 3.8) is 0 Å². The highest BCUT2D eigenvalue weighted by Gasteiger charge is 2.10. The molecule has 0 fully saturated rings. The van der Waals surface area contributed by atoms with E-state index in [4.69, 9.17) is 4.42 Å². The Labute approximate surface area is 151 Å². The molecule has 2 aromatic heterocycles. The van der Waals surface area contributed by atoms with Gasteiger partial charge in [0.2, 0.25) is 11.8 Å². The summed E-state index contributed by atoms with van der Waals surface area (Å²) in [6.07, 6.45) is 1.73. The van der Waals surface area contributed by atoms with Crippen LogP contribution in [0.1, 0.15) is 24.9 Å². The highest BCUT2D eigenvalue weighted by atomic mass is 79.9. The van der Waals surface area contributed by atoms with Gasteiger partial charge in [-0.15, -0.1) is 10.2 Å². The summed E-state index contributed by atoms with van der Waals surface area (Å²) in [4.78, 5) is 18.8. The fourth-order valence-electron chi connectivity index (χ4n) is 2.12. The number of halogens is 1. The lowest BCUT2D eigenvalue weighted by Gasteiger charge is -2.01. The molecule has 124 valence electrons. The van der Waals surface area contributed by atoms with Gasteiger partial charge in [0.1, 0.15) is 0 Å². The molecule has 0 saturated heterocycles. The number of thioether (sulfide) groups is 1. The van der Waals surface area contributed by atoms with E-state index in [1.807, 2.05) is 24.3 Å². The number of H-pyrrole nitrogens is 1. The molecule has 8 heteroatoms. The van der Waals surface area contributed by atoms with Crippen molar-refractivity contribution in [2.75, 3.05) is 0 Å². The molecule has 0 spiro atoms. The van der Waals surface area contributed by atoms with Gasteiger partial charge in [-0.1, -0.05) is 47.1 Å². The first kappa shape index (κ1) is 16.9. The van der Waals surface area contributed by atoms with Crippen LogP contribution in [0.3, 0.4) is 0 Å². The molecule has 1 aromatic carbocycles. The molecule has 3 aromatic rings. The van der Waals surface area contributed by atoms with Crippen molar-refractivity contribution in [2.24, 2.45) is 0 Å². The summed E-state index contributed by atoms with van der Waals surface area (Å²) in [5.74, 6) is 1.39. The lowest BCUT2D eigenvalue weighted by Crippen LogP contribution is -2.09. The minimum Gasteiger partial charge on any atom is -0.420 e. The molecule has 24 heavy (non-hydrogen) atoms. The lowest BCUT2D eigenvalue weighted by molar-refractivity contribution is 0.528. The van der Waals surface area contributed by atoms with Crippen LogP contribution in [-0.4, -0.2) is 20.2 Å². The second-order valence-electron chi connectivity index (χ2n) is 5.09. The maximum absolute atomic E-state index is 11.7. The number of hydrogen-bond donors (Lipinski definition) is 1. The number of hydrogen-bond acceptors (Lipinski definition) is 6. The minimum atomic E-state index is -0.142. The van der Waals surface area contributed by atoms with Gasteiger partial charge in [-0.25, -0.2) is 4.98 Å². The Bertz CT molecular complexity index is 894. The van der Waals surface area contributed by atoms with Crippen molar-refractivity contribution in [3.05, 3.63) is 56.7 Å². The van der Waals surface area contributed by atoms with Gasteiger partial charge in [0.15, 0.2) is 5.16 Å². The molecule has 0 aliphatic carbocycles. The average molecular weight is 407 g/mol. The molecular weight excluding hydrogens is 392 g/mol. The van der Waals surface area contributed by atoms with Crippen LogP contribution >= 0.6 is 27.7 Å². The zero-order valence-corrected chi connectivity index (χ0v) is 15.4. The quantitative estimate of drug-likeness (QED) is 0.494. The molecule has 2 heterocycles. The third-order valence-corrected chi connectivity index (χ3v) is 4.50. The van der Waals surface area contributed by atoms with Crippen molar-refractivity contribution in [1.82, 2.24) is 20.2 Å². The molecule has 0 atom stereocenters. The molecule has 0 bridgehead atoms. The topological polar surface area (TPSA) is 84.7 Å². The van der Waals surface area contributed by atoms with E-state index in [-0.39, 0.29) is 5.56 Å². The first-order chi connectivity index (χ1) is 11.6.